The Labute approximate surface area is 104 Å². The normalized spacial score (nSPS) is 11.4. The first-order valence-corrected chi connectivity index (χ1v) is 5.35. The predicted octanol–water partition coefficient (Wildman–Crippen LogP) is 2.98. The number of phenolic OH excluding ortho intramolecular Hbond substituents is 1. The van der Waals surface area contributed by atoms with Crippen LogP contribution in [0.5, 0.6) is 5.75 Å². The Morgan fingerprint density at radius 3 is 1.72 bits per heavy atom. The minimum absolute atomic E-state index is 0.210. The Bertz CT molecular complexity index is 506. The van der Waals surface area contributed by atoms with E-state index in [1.165, 1.54) is 18.3 Å². The Balaban J connectivity index is 1.98. The average Bonchev–Trinajstić information content (AvgIpc) is 2.39. The molecule has 0 atom stereocenters. The number of aromatic hydroxyl groups is 1. The predicted molar refractivity (Wildman–Crippen MR) is 69.7 cm³/mol. The molecule has 0 radical (unpaired) electrons. The standard InChI is InChI=1S/C14H11FN2O/c15-13-5-1-11(2-6-13)9-16-17-10-12-3-7-14(18)8-4-12/h1-10,18H/b16-9+,17-10+. The number of nitrogens with zero attached hydrogens (tertiary/aromatic N) is 2. The summed E-state index contributed by atoms with van der Waals surface area (Å²) < 4.78 is 12.6. The van der Waals surface area contributed by atoms with Crippen molar-refractivity contribution in [3.05, 3.63) is 65.5 Å². The minimum Gasteiger partial charge on any atom is -0.508 e. The summed E-state index contributed by atoms with van der Waals surface area (Å²) in [5.74, 6) is -0.0679. The molecular weight excluding hydrogens is 231 g/mol. The van der Waals surface area contributed by atoms with E-state index in [9.17, 15) is 4.39 Å². The molecule has 3 nitrogen and oxygen atoms in total. The molecule has 0 aliphatic rings. The zero-order chi connectivity index (χ0) is 12.8. The molecule has 0 saturated carbocycles. The van der Waals surface area contributed by atoms with E-state index < -0.39 is 0 Å². The van der Waals surface area contributed by atoms with Gasteiger partial charge in [-0.25, -0.2) is 4.39 Å². The SMILES string of the molecule is Oc1ccc(/C=N/N=C/c2ccc(F)cc2)cc1. The second-order valence-corrected chi connectivity index (χ2v) is 3.63. The molecule has 0 aromatic heterocycles. The fourth-order valence-electron chi connectivity index (χ4n) is 1.31. The molecule has 0 aliphatic carbocycles. The number of hydrogen-bond acceptors (Lipinski definition) is 3. The first-order valence-electron chi connectivity index (χ1n) is 5.35. The van der Waals surface area contributed by atoms with Crippen molar-refractivity contribution in [2.24, 2.45) is 10.2 Å². The molecule has 0 unspecified atom stereocenters. The van der Waals surface area contributed by atoms with Crippen LogP contribution >= 0.6 is 0 Å². The maximum Gasteiger partial charge on any atom is 0.123 e. The van der Waals surface area contributed by atoms with Crippen LogP contribution in [0.25, 0.3) is 0 Å². The van der Waals surface area contributed by atoms with Gasteiger partial charge in [0, 0.05) is 0 Å². The smallest absolute Gasteiger partial charge is 0.123 e. The van der Waals surface area contributed by atoms with E-state index in [0.29, 0.717) is 0 Å². The highest BCUT2D eigenvalue weighted by Gasteiger charge is 1.89. The van der Waals surface area contributed by atoms with Crippen LogP contribution in [-0.2, 0) is 0 Å². The van der Waals surface area contributed by atoms with Crippen LogP contribution in [0.1, 0.15) is 11.1 Å². The lowest BCUT2D eigenvalue weighted by Crippen LogP contribution is -1.81. The highest BCUT2D eigenvalue weighted by molar-refractivity contribution is 5.82. The van der Waals surface area contributed by atoms with Gasteiger partial charge in [0.05, 0.1) is 12.4 Å². The molecule has 1 N–H and O–H groups in total. The summed E-state index contributed by atoms with van der Waals surface area (Å²) in [6.07, 6.45) is 3.11. The highest BCUT2D eigenvalue weighted by atomic mass is 19.1. The molecule has 18 heavy (non-hydrogen) atoms. The third kappa shape index (κ3) is 3.52. The molecule has 0 spiro atoms. The first kappa shape index (κ1) is 12.0. The van der Waals surface area contributed by atoms with Crippen LogP contribution in [0.2, 0.25) is 0 Å². The van der Waals surface area contributed by atoms with Gasteiger partial charge in [-0.15, -0.1) is 0 Å². The molecule has 0 heterocycles. The van der Waals surface area contributed by atoms with E-state index in [0.717, 1.165) is 11.1 Å². The molecule has 0 saturated heterocycles. The second kappa shape index (κ2) is 5.72. The number of phenols is 1. The monoisotopic (exact) mass is 242 g/mol. The van der Waals surface area contributed by atoms with Crippen LogP contribution in [-0.4, -0.2) is 17.5 Å². The minimum atomic E-state index is -0.278. The molecular formula is C14H11FN2O. The van der Waals surface area contributed by atoms with Crippen molar-refractivity contribution >= 4 is 12.4 Å². The Morgan fingerprint density at radius 1 is 0.778 bits per heavy atom. The lowest BCUT2D eigenvalue weighted by Gasteiger charge is -1.92. The van der Waals surface area contributed by atoms with E-state index >= 15 is 0 Å². The highest BCUT2D eigenvalue weighted by Crippen LogP contribution is 2.07. The molecule has 2 aromatic carbocycles. The van der Waals surface area contributed by atoms with Gasteiger partial charge in [-0.1, -0.05) is 12.1 Å². The summed E-state index contributed by atoms with van der Waals surface area (Å²) in [4.78, 5) is 0. The van der Waals surface area contributed by atoms with Crippen molar-refractivity contribution in [3.63, 3.8) is 0 Å². The zero-order valence-electron chi connectivity index (χ0n) is 9.49. The van der Waals surface area contributed by atoms with E-state index in [-0.39, 0.29) is 11.6 Å². The van der Waals surface area contributed by atoms with Crippen molar-refractivity contribution in [2.75, 3.05) is 0 Å². The molecule has 0 aliphatic heterocycles. The molecule has 0 bridgehead atoms. The van der Waals surface area contributed by atoms with Crippen LogP contribution in [0, 0.1) is 5.82 Å². The van der Waals surface area contributed by atoms with Crippen LogP contribution in [0.4, 0.5) is 4.39 Å². The second-order valence-electron chi connectivity index (χ2n) is 3.63. The zero-order valence-corrected chi connectivity index (χ0v) is 9.49. The van der Waals surface area contributed by atoms with Gasteiger partial charge in [0.1, 0.15) is 11.6 Å². The number of halogens is 1. The van der Waals surface area contributed by atoms with E-state index in [4.69, 9.17) is 5.11 Å². The number of rotatable bonds is 3. The third-order valence-corrected chi connectivity index (χ3v) is 2.24. The summed E-state index contributed by atoms with van der Waals surface area (Å²) in [5, 5.41) is 16.8. The van der Waals surface area contributed by atoms with Crippen LogP contribution in [0.3, 0.4) is 0 Å². The third-order valence-electron chi connectivity index (χ3n) is 2.24. The molecule has 2 rings (SSSR count). The van der Waals surface area contributed by atoms with Gasteiger partial charge >= 0.3 is 0 Å². The van der Waals surface area contributed by atoms with E-state index in [2.05, 4.69) is 10.2 Å². The fraction of sp³-hybridized carbons (Fsp3) is 0. The molecule has 0 amide bonds. The largest absolute Gasteiger partial charge is 0.508 e. The van der Waals surface area contributed by atoms with Crippen LogP contribution in [0.15, 0.2) is 58.7 Å². The van der Waals surface area contributed by atoms with Crippen molar-refractivity contribution in [1.29, 1.82) is 0 Å². The van der Waals surface area contributed by atoms with Crippen molar-refractivity contribution in [1.82, 2.24) is 0 Å². The lowest BCUT2D eigenvalue weighted by molar-refractivity contribution is 0.475. The molecule has 2 aromatic rings. The van der Waals surface area contributed by atoms with Crippen molar-refractivity contribution in [3.8, 4) is 5.75 Å². The topological polar surface area (TPSA) is 45.0 Å². The summed E-state index contributed by atoms with van der Waals surface area (Å²) in [6, 6.07) is 12.6. The maximum atomic E-state index is 12.6. The van der Waals surface area contributed by atoms with E-state index in [1.54, 1.807) is 42.6 Å². The molecule has 0 fully saturated rings. The number of benzene rings is 2. The molecule has 4 heteroatoms. The quantitative estimate of drug-likeness (QED) is 0.652. The fourth-order valence-corrected chi connectivity index (χ4v) is 1.31. The van der Waals surface area contributed by atoms with Crippen LogP contribution < -0.4 is 0 Å². The Hall–Kier alpha value is -2.49. The lowest BCUT2D eigenvalue weighted by atomic mass is 10.2. The van der Waals surface area contributed by atoms with Gasteiger partial charge in [0.15, 0.2) is 0 Å². The summed E-state index contributed by atoms with van der Waals surface area (Å²) >= 11 is 0. The first-order chi connectivity index (χ1) is 8.74. The average molecular weight is 242 g/mol. The number of hydrogen-bond donors (Lipinski definition) is 1. The Kier molecular flexibility index (Phi) is 3.81. The van der Waals surface area contributed by atoms with Gasteiger partial charge in [0.2, 0.25) is 0 Å². The van der Waals surface area contributed by atoms with Gasteiger partial charge in [-0.3, -0.25) is 0 Å². The van der Waals surface area contributed by atoms with Gasteiger partial charge < -0.3 is 5.11 Å². The summed E-state index contributed by atoms with van der Waals surface area (Å²) in [6.45, 7) is 0. The van der Waals surface area contributed by atoms with Crippen molar-refractivity contribution in [2.45, 2.75) is 0 Å². The summed E-state index contributed by atoms with van der Waals surface area (Å²) in [5.41, 5.74) is 1.61. The van der Waals surface area contributed by atoms with E-state index in [1.807, 2.05) is 0 Å². The van der Waals surface area contributed by atoms with Gasteiger partial charge in [-0.05, 0) is 47.5 Å². The maximum absolute atomic E-state index is 12.6. The van der Waals surface area contributed by atoms with Gasteiger partial charge in [-0.2, -0.15) is 10.2 Å². The summed E-state index contributed by atoms with van der Waals surface area (Å²) in [7, 11) is 0. The van der Waals surface area contributed by atoms with Gasteiger partial charge in [0.25, 0.3) is 0 Å². The molecule has 90 valence electrons. The Morgan fingerprint density at radius 2 is 1.22 bits per heavy atom. The van der Waals surface area contributed by atoms with Crippen molar-refractivity contribution < 1.29 is 9.50 Å².